The lowest BCUT2D eigenvalue weighted by molar-refractivity contribution is 0.0750. The Labute approximate surface area is 139 Å². The molecule has 0 unspecified atom stereocenters. The van der Waals surface area contributed by atoms with Crippen LogP contribution in [0.25, 0.3) is 0 Å². The van der Waals surface area contributed by atoms with Gasteiger partial charge in [-0.3, -0.25) is 9.69 Å². The number of carbonyl (C=O) groups is 1. The molecule has 0 radical (unpaired) electrons. The fraction of sp³-hybridized carbons (Fsp3) is 0.389. The van der Waals surface area contributed by atoms with Gasteiger partial charge < -0.3 is 9.32 Å². The highest BCUT2D eigenvalue weighted by Crippen LogP contribution is 2.19. The Morgan fingerprint density at radius 2 is 2.00 bits per heavy atom. The number of rotatable bonds is 3. The van der Waals surface area contributed by atoms with E-state index >= 15 is 0 Å². The molecule has 0 N–H and O–H groups in total. The number of hydrogen-bond donors (Lipinski definition) is 0. The van der Waals surface area contributed by atoms with Gasteiger partial charge in [-0.15, -0.1) is 0 Å². The summed E-state index contributed by atoms with van der Waals surface area (Å²) < 4.78 is 33.5. The summed E-state index contributed by atoms with van der Waals surface area (Å²) in [5, 5.41) is 0. The van der Waals surface area contributed by atoms with E-state index in [-0.39, 0.29) is 5.56 Å². The summed E-state index contributed by atoms with van der Waals surface area (Å²) in [4.78, 5) is 16.3. The maximum atomic E-state index is 14.2. The molecule has 3 rings (SSSR count). The van der Waals surface area contributed by atoms with Gasteiger partial charge >= 0.3 is 0 Å². The second-order valence-electron chi connectivity index (χ2n) is 6.05. The normalized spacial score (nSPS) is 16.2. The molecule has 24 heavy (non-hydrogen) atoms. The minimum Gasteiger partial charge on any atom is -0.468 e. The molecular weight excluding hydrogens is 314 g/mol. The zero-order valence-corrected chi connectivity index (χ0v) is 13.6. The summed E-state index contributed by atoms with van der Waals surface area (Å²) in [6, 6.07) is 6.24. The predicted octanol–water partition coefficient (Wildman–Crippen LogP) is 3.21. The highest BCUT2D eigenvalue weighted by molar-refractivity contribution is 5.95. The summed E-state index contributed by atoms with van der Waals surface area (Å²) in [6.07, 6.45) is 2.38. The van der Waals surface area contributed by atoms with E-state index in [4.69, 9.17) is 4.42 Å². The van der Waals surface area contributed by atoms with Crippen LogP contribution >= 0.6 is 0 Å². The third-order valence-corrected chi connectivity index (χ3v) is 4.33. The second-order valence-corrected chi connectivity index (χ2v) is 6.05. The standard InChI is InChI=1S/C18H20F2N2O2/c1-13-5-6-15(19)16(17(13)20)18(23)22-8-3-7-21(9-10-22)12-14-4-2-11-24-14/h2,4-6,11H,3,7-10,12H2,1H3. The highest BCUT2D eigenvalue weighted by atomic mass is 19.1. The Morgan fingerprint density at radius 1 is 1.17 bits per heavy atom. The Hall–Kier alpha value is -2.21. The SMILES string of the molecule is Cc1ccc(F)c(C(=O)N2CCCN(Cc3ccco3)CC2)c1F. The van der Waals surface area contributed by atoms with Gasteiger partial charge in [0.2, 0.25) is 0 Å². The monoisotopic (exact) mass is 334 g/mol. The van der Waals surface area contributed by atoms with E-state index in [1.54, 1.807) is 6.26 Å². The molecule has 0 aliphatic carbocycles. The number of halogens is 2. The van der Waals surface area contributed by atoms with Gasteiger partial charge in [-0.05, 0) is 37.1 Å². The molecule has 1 aromatic heterocycles. The molecule has 0 spiro atoms. The van der Waals surface area contributed by atoms with Crippen LogP contribution in [0.2, 0.25) is 0 Å². The Balaban J connectivity index is 1.70. The maximum absolute atomic E-state index is 14.2. The van der Waals surface area contributed by atoms with E-state index in [1.807, 2.05) is 12.1 Å². The van der Waals surface area contributed by atoms with E-state index < -0.39 is 23.1 Å². The molecule has 1 amide bonds. The van der Waals surface area contributed by atoms with E-state index in [2.05, 4.69) is 4.90 Å². The van der Waals surface area contributed by atoms with Crippen LogP contribution in [-0.2, 0) is 6.54 Å². The molecule has 2 aromatic rings. The van der Waals surface area contributed by atoms with Gasteiger partial charge in [-0.2, -0.15) is 0 Å². The molecular formula is C18H20F2N2O2. The highest BCUT2D eigenvalue weighted by Gasteiger charge is 2.26. The summed E-state index contributed by atoms with van der Waals surface area (Å²) in [5.41, 5.74) is -0.177. The van der Waals surface area contributed by atoms with Crippen LogP contribution in [0.3, 0.4) is 0 Å². The van der Waals surface area contributed by atoms with Gasteiger partial charge in [0.05, 0.1) is 12.8 Å². The van der Waals surface area contributed by atoms with E-state index in [1.165, 1.54) is 17.9 Å². The van der Waals surface area contributed by atoms with Crippen molar-refractivity contribution in [1.82, 2.24) is 9.80 Å². The second kappa shape index (κ2) is 7.13. The van der Waals surface area contributed by atoms with Crippen LogP contribution in [0.1, 0.15) is 28.1 Å². The molecule has 0 atom stereocenters. The van der Waals surface area contributed by atoms with Gasteiger partial charge in [0, 0.05) is 26.2 Å². The van der Waals surface area contributed by atoms with Crippen LogP contribution in [0.4, 0.5) is 8.78 Å². The molecule has 4 nitrogen and oxygen atoms in total. The third-order valence-electron chi connectivity index (χ3n) is 4.33. The molecule has 6 heteroatoms. The summed E-state index contributed by atoms with van der Waals surface area (Å²) in [7, 11) is 0. The Morgan fingerprint density at radius 3 is 2.75 bits per heavy atom. The smallest absolute Gasteiger partial charge is 0.259 e. The number of carbonyl (C=O) groups excluding carboxylic acids is 1. The lowest BCUT2D eigenvalue weighted by Gasteiger charge is -2.22. The van der Waals surface area contributed by atoms with Crippen LogP contribution in [0.5, 0.6) is 0 Å². The maximum Gasteiger partial charge on any atom is 0.259 e. The topological polar surface area (TPSA) is 36.7 Å². The number of hydrogen-bond acceptors (Lipinski definition) is 3. The van der Waals surface area contributed by atoms with E-state index in [9.17, 15) is 13.6 Å². The first kappa shape index (κ1) is 16.6. The van der Waals surface area contributed by atoms with Crippen LogP contribution in [0, 0.1) is 18.6 Å². The van der Waals surface area contributed by atoms with Crippen molar-refractivity contribution in [1.29, 1.82) is 0 Å². The Bertz CT molecular complexity index is 716. The lowest BCUT2D eigenvalue weighted by Crippen LogP contribution is -2.36. The van der Waals surface area contributed by atoms with Crippen molar-refractivity contribution in [3.8, 4) is 0 Å². The molecule has 1 fully saturated rings. The van der Waals surface area contributed by atoms with Crippen molar-refractivity contribution in [3.05, 3.63) is 59.1 Å². The van der Waals surface area contributed by atoms with Crippen molar-refractivity contribution in [2.45, 2.75) is 19.9 Å². The number of furan rings is 1. The number of amides is 1. The van der Waals surface area contributed by atoms with Crippen molar-refractivity contribution >= 4 is 5.91 Å². The number of benzene rings is 1. The lowest BCUT2D eigenvalue weighted by atomic mass is 10.1. The van der Waals surface area contributed by atoms with Crippen molar-refractivity contribution < 1.29 is 18.0 Å². The molecule has 1 aliphatic rings. The molecule has 1 aromatic carbocycles. The van der Waals surface area contributed by atoms with Crippen molar-refractivity contribution in [3.63, 3.8) is 0 Å². The fourth-order valence-corrected chi connectivity index (χ4v) is 2.97. The van der Waals surface area contributed by atoms with Crippen molar-refractivity contribution in [2.24, 2.45) is 0 Å². The minimum absolute atomic E-state index is 0.272. The van der Waals surface area contributed by atoms with Gasteiger partial charge in [-0.25, -0.2) is 8.78 Å². The zero-order valence-electron chi connectivity index (χ0n) is 13.6. The van der Waals surface area contributed by atoms with Gasteiger partial charge in [0.1, 0.15) is 23.0 Å². The third kappa shape index (κ3) is 3.48. The predicted molar refractivity (Wildman–Crippen MR) is 85.6 cm³/mol. The summed E-state index contributed by atoms with van der Waals surface area (Å²) in [5.74, 6) is -1.28. The average molecular weight is 334 g/mol. The van der Waals surface area contributed by atoms with E-state index in [0.717, 1.165) is 24.8 Å². The quantitative estimate of drug-likeness (QED) is 0.865. The first-order valence-electron chi connectivity index (χ1n) is 8.05. The van der Waals surface area contributed by atoms with Crippen LogP contribution in [-0.4, -0.2) is 41.9 Å². The van der Waals surface area contributed by atoms with E-state index in [0.29, 0.717) is 26.2 Å². The van der Waals surface area contributed by atoms with Crippen molar-refractivity contribution in [2.75, 3.05) is 26.2 Å². The van der Waals surface area contributed by atoms with Crippen LogP contribution < -0.4 is 0 Å². The molecule has 0 saturated carbocycles. The Kier molecular flexibility index (Phi) is 4.94. The van der Waals surface area contributed by atoms with Gasteiger partial charge in [0.25, 0.3) is 5.91 Å². The zero-order chi connectivity index (χ0) is 17.1. The summed E-state index contributed by atoms with van der Waals surface area (Å²) in [6.45, 7) is 4.57. The molecule has 1 saturated heterocycles. The van der Waals surface area contributed by atoms with Crippen LogP contribution in [0.15, 0.2) is 34.9 Å². The molecule has 2 heterocycles. The summed E-state index contributed by atoms with van der Waals surface area (Å²) >= 11 is 0. The van der Waals surface area contributed by atoms with Gasteiger partial charge in [0.15, 0.2) is 0 Å². The molecule has 1 aliphatic heterocycles. The number of nitrogens with zero attached hydrogens (tertiary/aromatic N) is 2. The molecule has 0 bridgehead atoms. The average Bonchev–Trinajstić information content (AvgIpc) is 2.96. The van der Waals surface area contributed by atoms with Gasteiger partial charge in [-0.1, -0.05) is 6.07 Å². The fourth-order valence-electron chi connectivity index (χ4n) is 2.97. The first-order valence-corrected chi connectivity index (χ1v) is 8.05. The molecule has 128 valence electrons. The largest absolute Gasteiger partial charge is 0.468 e. The first-order chi connectivity index (χ1) is 11.6. The minimum atomic E-state index is -0.806. The number of aryl methyl sites for hydroxylation is 1.